The van der Waals surface area contributed by atoms with Crippen LogP contribution in [0, 0.1) is 5.92 Å². The van der Waals surface area contributed by atoms with Gasteiger partial charge >= 0.3 is 6.03 Å². The molecular weight excluding hydrogens is 338 g/mol. The number of aromatic nitrogens is 3. The summed E-state index contributed by atoms with van der Waals surface area (Å²) in [6, 6.07) is 8.08. The summed E-state index contributed by atoms with van der Waals surface area (Å²) in [7, 11) is 0. The Morgan fingerprint density at radius 3 is 2.96 bits per heavy atom. The van der Waals surface area contributed by atoms with Crippen molar-refractivity contribution in [1.82, 2.24) is 20.1 Å². The summed E-state index contributed by atoms with van der Waals surface area (Å²) in [6.45, 7) is 3.17. The number of fused-ring (bicyclic) bond motifs is 1. The average Bonchev–Trinajstić information content (AvgIpc) is 3.21. The fraction of sp³-hybridized carbons (Fsp3) is 0.571. The van der Waals surface area contributed by atoms with Gasteiger partial charge in [-0.2, -0.15) is 0 Å². The fourth-order valence-corrected chi connectivity index (χ4v) is 4.13. The average molecular weight is 367 g/mol. The molecule has 2 N–H and O–H groups in total. The zero-order valence-electron chi connectivity index (χ0n) is 16.1. The fourth-order valence-electron chi connectivity index (χ4n) is 4.13. The number of anilines is 1. The molecule has 1 fully saturated rings. The highest BCUT2D eigenvalue weighted by atomic mass is 16.2. The van der Waals surface area contributed by atoms with Crippen molar-refractivity contribution in [1.29, 1.82) is 0 Å². The summed E-state index contributed by atoms with van der Waals surface area (Å²) in [5, 5.41) is 14.8. The van der Waals surface area contributed by atoms with Crippen LogP contribution in [0.1, 0.15) is 57.7 Å². The van der Waals surface area contributed by atoms with Crippen molar-refractivity contribution >= 4 is 11.7 Å². The lowest BCUT2D eigenvalue weighted by molar-refractivity contribution is 0.207. The first-order valence-electron chi connectivity index (χ1n) is 10.3. The van der Waals surface area contributed by atoms with E-state index >= 15 is 0 Å². The normalized spacial score (nSPS) is 17.2. The first-order valence-corrected chi connectivity index (χ1v) is 10.3. The summed E-state index contributed by atoms with van der Waals surface area (Å²) in [5.41, 5.74) is 1.79. The van der Waals surface area contributed by atoms with Crippen LogP contribution in [0.4, 0.5) is 10.5 Å². The van der Waals surface area contributed by atoms with E-state index < -0.39 is 0 Å². The molecule has 1 aliphatic carbocycles. The lowest BCUT2D eigenvalue weighted by atomic mass is 9.78. The van der Waals surface area contributed by atoms with Gasteiger partial charge in [-0.1, -0.05) is 38.3 Å². The Labute approximate surface area is 160 Å². The molecule has 0 saturated heterocycles. The highest BCUT2D eigenvalue weighted by Gasteiger charge is 2.28. The molecule has 0 radical (unpaired) electrons. The lowest BCUT2D eigenvalue weighted by Crippen LogP contribution is -2.44. The van der Waals surface area contributed by atoms with E-state index in [1.54, 1.807) is 0 Å². The third kappa shape index (κ3) is 3.99. The molecule has 0 bridgehead atoms. The highest BCUT2D eigenvalue weighted by molar-refractivity contribution is 5.90. The van der Waals surface area contributed by atoms with E-state index in [4.69, 9.17) is 0 Å². The van der Waals surface area contributed by atoms with Crippen LogP contribution in [0.3, 0.4) is 0 Å². The van der Waals surface area contributed by atoms with Crippen molar-refractivity contribution in [2.45, 2.75) is 70.9 Å². The van der Waals surface area contributed by atoms with Crippen molar-refractivity contribution in [3.63, 3.8) is 0 Å². The number of rotatable bonds is 7. The van der Waals surface area contributed by atoms with Crippen LogP contribution in [-0.2, 0) is 13.0 Å². The van der Waals surface area contributed by atoms with Gasteiger partial charge in [0.2, 0.25) is 0 Å². The molecule has 6 nitrogen and oxygen atoms in total. The van der Waals surface area contributed by atoms with Crippen molar-refractivity contribution in [2.24, 2.45) is 5.92 Å². The molecule has 27 heavy (non-hydrogen) atoms. The molecule has 2 aromatic rings. The van der Waals surface area contributed by atoms with Crippen LogP contribution in [-0.4, -0.2) is 26.8 Å². The van der Waals surface area contributed by atoms with Gasteiger partial charge in [0.1, 0.15) is 5.82 Å². The van der Waals surface area contributed by atoms with Gasteiger partial charge < -0.3 is 15.2 Å². The molecular formula is C21H29N5O. The third-order valence-electron chi connectivity index (χ3n) is 5.89. The number of hydrogen-bond donors (Lipinski definition) is 2. The van der Waals surface area contributed by atoms with Gasteiger partial charge in [-0.3, -0.25) is 0 Å². The van der Waals surface area contributed by atoms with Crippen molar-refractivity contribution in [2.75, 3.05) is 5.32 Å². The maximum absolute atomic E-state index is 12.6. The second-order valence-electron chi connectivity index (χ2n) is 7.81. The van der Waals surface area contributed by atoms with E-state index in [2.05, 4.69) is 32.3 Å². The van der Waals surface area contributed by atoms with Crippen LogP contribution in [0.2, 0.25) is 0 Å². The van der Waals surface area contributed by atoms with E-state index in [0.29, 0.717) is 12.0 Å². The number of urea groups is 1. The predicted molar refractivity (Wildman–Crippen MR) is 107 cm³/mol. The SMILES string of the molecule is CCCC[C@@H](NC(=O)Nc1cccc(-c2nnc3n2CCC3)c1)C1CCC1. The minimum atomic E-state index is -0.105. The zero-order chi connectivity index (χ0) is 18.6. The number of nitrogens with one attached hydrogen (secondary N) is 2. The molecule has 1 aromatic heterocycles. The first-order chi connectivity index (χ1) is 13.2. The van der Waals surface area contributed by atoms with E-state index in [9.17, 15) is 4.79 Å². The Kier molecular flexibility index (Phi) is 5.41. The van der Waals surface area contributed by atoms with Gasteiger partial charge in [-0.25, -0.2) is 4.79 Å². The minimum Gasteiger partial charge on any atom is -0.335 e. The summed E-state index contributed by atoms with van der Waals surface area (Å²) in [5.74, 6) is 2.59. The Bertz CT molecular complexity index is 796. The van der Waals surface area contributed by atoms with E-state index in [1.807, 2.05) is 24.3 Å². The van der Waals surface area contributed by atoms with Gasteiger partial charge in [0, 0.05) is 30.3 Å². The van der Waals surface area contributed by atoms with Crippen LogP contribution in [0.5, 0.6) is 0 Å². The van der Waals surface area contributed by atoms with Crippen molar-refractivity contribution in [3.05, 3.63) is 30.1 Å². The number of carbonyl (C=O) groups excluding carboxylic acids is 1. The van der Waals surface area contributed by atoms with Gasteiger partial charge in [-0.05, 0) is 43.7 Å². The van der Waals surface area contributed by atoms with Gasteiger partial charge in [0.05, 0.1) is 0 Å². The number of hydrogen-bond acceptors (Lipinski definition) is 3. The van der Waals surface area contributed by atoms with Gasteiger partial charge in [0.25, 0.3) is 0 Å². The molecule has 0 unspecified atom stereocenters. The molecule has 2 aliphatic rings. The van der Waals surface area contributed by atoms with Crippen LogP contribution in [0.15, 0.2) is 24.3 Å². The maximum Gasteiger partial charge on any atom is 0.319 e. The number of carbonyl (C=O) groups is 1. The minimum absolute atomic E-state index is 0.105. The Hall–Kier alpha value is -2.37. The molecule has 1 atom stereocenters. The van der Waals surface area contributed by atoms with Crippen LogP contribution in [0.25, 0.3) is 11.4 Å². The van der Waals surface area contributed by atoms with E-state index in [0.717, 1.165) is 61.5 Å². The second-order valence-corrected chi connectivity index (χ2v) is 7.81. The molecule has 144 valence electrons. The maximum atomic E-state index is 12.6. The Morgan fingerprint density at radius 2 is 2.19 bits per heavy atom. The number of unbranched alkanes of at least 4 members (excludes halogenated alkanes) is 1. The third-order valence-corrected chi connectivity index (χ3v) is 5.89. The molecule has 2 heterocycles. The van der Waals surface area contributed by atoms with E-state index in [1.165, 1.54) is 19.3 Å². The number of benzene rings is 1. The zero-order valence-corrected chi connectivity index (χ0v) is 16.1. The Morgan fingerprint density at radius 1 is 1.30 bits per heavy atom. The largest absolute Gasteiger partial charge is 0.335 e. The monoisotopic (exact) mass is 367 g/mol. The quantitative estimate of drug-likeness (QED) is 0.763. The van der Waals surface area contributed by atoms with Crippen molar-refractivity contribution in [3.8, 4) is 11.4 Å². The number of amides is 2. The molecule has 1 aromatic carbocycles. The lowest BCUT2D eigenvalue weighted by Gasteiger charge is -2.34. The summed E-state index contributed by atoms with van der Waals surface area (Å²) < 4.78 is 2.18. The smallest absolute Gasteiger partial charge is 0.319 e. The summed E-state index contributed by atoms with van der Waals surface area (Å²) in [6.07, 6.45) is 9.28. The standard InChI is InChI=1S/C21H29N5O/c1-2-3-11-18(15-7-4-8-15)23-21(27)22-17-10-5-9-16(14-17)20-25-24-19-12-6-13-26(19)20/h5,9-10,14-15,18H,2-4,6-8,11-13H2,1H3,(H2,22,23,27)/t18-/m1/s1. The molecule has 0 spiro atoms. The Balaban J connectivity index is 1.42. The molecule has 2 amide bonds. The first kappa shape index (κ1) is 18.0. The van der Waals surface area contributed by atoms with Crippen molar-refractivity contribution < 1.29 is 4.79 Å². The van der Waals surface area contributed by atoms with Gasteiger partial charge in [0.15, 0.2) is 5.82 Å². The van der Waals surface area contributed by atoms with Crippen LogP contribution < -0.4 is 10.6 Å². The number of nitrogens with zero attached hydrogens (tertiary/aromatic N) is 3. The predicted octanol–water partition coefficient (Wildman–Crippen LogP) is 4.37. The molecule has 1 aliphatic heterocycles. The van der Waals surface area contributed by atoms with Gasteiger partial charge in [-0.15, -0.1) is 10.2 Å². The molecule has 1 saturated carbocycles. The number of aryl methyl sites for hydroxylation is 1. The second kappa shape index (κ2) is 8.11. The summed E-state index contributed by atoms with van der Waals surface area (Å²) in [4.78, 5) is 12.6. The van der Waals surface area contributed by atoms with Crippen LogP contribution >= 0.6 is 0 Å². The molecule has 4 rings (SSSR count). The molecule has 6 heteroatoms. The topological polar surface area (TPSA) is 71.8 Å². The summed E-state index contributed by atoms with van der Waals surface area (Å²) >= 11 is 0. The highest BCUT2D eigenvalue weighted by Crippen LogP contribution is 2.32. The van der Waals surface area contributed by atoms with E-state index in [-0.39, 0.29) is 6.03 Å².